The summed E-state index contributed by atoms with van der Waals surface area (Å²) in [4.78, 5) is 25.7. The molecule has 0 saturated carbocycles. The maximum atomic E-state index is 12.5. The Morgan fingerprint density at radius 3 is 2.52 bits per heavy atom. The molecule has 1 aliphatic rings. The van der Waals surface area contributed by atoms with E-state index in [9.17, 15) is 9.59 Å². The summed E-state index contributed by atoms with van der Waals surface area (Å²) >= 11 is 1.50. The minimum Gasteiger partial charge on any atom is -0.365 e. The first-order valence-electron chi connectivity index (χ1n) is 10.2. The molecule has 0 radical (unpaired) electrons. The van der Waals surface area contributed by atoms with E-state index in [2.05, 4.69) is 45.1 Å². The van der Waals surface area contributed by atoms with Crippen LogP contribution in [0, 0.1) is 5.92 Å². The molecule has 0 bridgehead atoms. The van der Waals surface area contributed by atoms with Crippen LogP contribution in [0.25, 0.3) is 6.08 Å². The Labute approximate surface area is 177 Å². The van der Waals surface area contributed by atoms with Crippen LogP contribution in [0.1, 0.15) is 72.5 Å². The molecule has 3 rings (SSSR count). The van der Waals surface area contributed by atoms with Crippen molar-refractivity contribution in [3.63, 3.8) is 0 Å². The van der Waals surface area contributed by atoms with Crippen molar-refractivity contribution < 1.29 is 9.59 Å². The Morgan fingerprint density at radius 2 is 1.93 bits per heavy atom. The summed E-state index contributed by atoms with van der Waals surface area (Å²) in [5, 5.41) is 3.46. The maximum absolute atomic E-state index is 12.5. The van der Waals surface area contributed by atoms with Gasteiger partial charge in [0.2, 0.25) is 5.91 Å². The maximum Gasteiger partial charge on any atom is 0.251 e. The Bertz CT molecular complexity index is 933. The van der Waals surface area contributed by atoms with Crippen LogP contribution in [0.15, 0.2) is 30.3 Å². The Kier molecular flexibility index (Phi) is 6.27. The van der Waals surface area contributed by atoms with Gasteiger partial charge in [0.05, 0.1) is 5.56 Å². The van der Waals surface area contributed by atoms with Crippen molar-refractivity contribution in [2.24, 2.45) is 11.7 Å². The molecule has 1 aromatic heterocycles. The van der Waals surface area contributed by atoms with Crippen LogP contribution < -0.4 is 11.1 Å². The molecule has 2 amide bonds. The fourth-order valence-electron chi connectivity index (χ4n) is 3.77. The summed E-state index contributed by atoms with van der Waals surface area (Å²) in [7, 11) is 0. The number of fused-ring (bicyclic) bond motifs is 1. The van der Waals surface area contributed by atoms with Gasteiger partial charge in [-0.25, -0.2) is 0 Å². The van der Waals surface area contributed by atoms with E-state index in [0.29, 0.717) is 16.5 Å². The second-order valence-electron chi connectivity index (χ2n) is 8.78. The highest BCUT2D eigenvalue weighted by atomic mass is 32.1. The lowest BCUT2D eigenvalue weighted by Gasteiger charge is -2.20. The van der Waals surface area contributed by atoms with Crippen LogP contribution in [0.2, 0.25) is 0 Å². The number of anilines is 1. The van der Waals surface area contributed by atoms with Crippen LogP contribution >= 0.6 is 11.3 Å². The molecule has 1 heterocycles. The number of hydrogen-bond donors (Lipinski definition) is 2. The van der Waals surface area contributed by atoms with Gasteiger partial charge in [-0.2, -0.15) is 0 Å². The second kappa shape index (κ2) is 8.54. The van der Waals surface area contributed by atoms with Gasteiger partial charge in [-0.1, -0.05) is 58.4 Å². The molecule has 5 heteroatoms. The van der Waals surface area contributed by atoms with Crippen LogP contribution in [-0.4, -0.2) is 11.8 Å². The number of rotatable bonds is 5. The lowest BCUT2D eigenvalue weighted by molar-refractivity contribution is -0.111. The monoisotopic (exact) mass is 410 g/mol. The number of carbonyl (C=O) groups is 2. The van der Waals surface area contributed by atoms with Crippen molar-refractivity contribution in [1.29, 1.82) is 0 Å². The number of nitrogens with two attached hydrogens (primary N) is 1. The van der Waals surface area contributed by atoms with Crippen molar-refractivity contribution in [2.75, 3.05) is 5.32 Å². The third kappa shape index (κ3) is 4.96. The van der Waals surface area contributed by atoms with Crippen molar-refractivity contribution in [3.05, 3.63) is 57.5 Å². The van der Waals surface area contributed by atoms with Gasteiger partial charge in [0, 0.05) is 11.0 Å². The lowest BCUT2D eigenvalue weighted by atomic mass is 9.85. The first kappa shape index (κ1) is 21.3. The predicted octanol–water partition coefficient (Wildman–Crippen LogP) is 5.31. The smallest absolute Gasteiger partial charge is 0.251 e. The molecule has 3 N–H and O–H groups in total. The summed E-state index contributed by atoms with van der Waals surface area (Å²) in [6, 6.07) is 8.18. The SMILES string of the molecule is CCC1CCc2c(sc(NC(=O)C=Cc3ccc(C(C)(C)C)cc3)c2C(N)=O)C1. The molecule has 1 aliphatic carbocycles. The number of benzene rings is 1. The van der Waals surface area contributed by atoms with Gasteiger partial charge < -0.3 is 11.1 Å². The second-order valence-corrected chi connectivity index (χ2v) is 9.89. The Morgan fingerprint density at radius 1 is 1.24 bits per heavy atom. The first-order valence-corrected chi connectivity index (χ1v) is 11.0. The minimum atomic E-state index is -0.463. The zero-order chi connectivity index (χ0) is 21.2. The number of thiophene rings is 1. The molecule has 0 aliphatic heterocycles. The quantitative estimate of drug-likeness (QED) is 0.656. The number of primary amides is 1. The summed E-state index contributed by atoms with van der Waals surface area (Å²) < 4.78 is 0. The summed E-state index contributed by atoms with van der Waals surface area (Å²) in [6.07, 6.45) is 7.30. The number of amides is 2. The summed E-state index contributed by atoms with van der Waals surface area (Å²) in [5.74, 6) is -0.0751. The average molecular weight is 411 g/mol. The molecule has 1 atom stereocenters. The van der Waals surface area contributed by atoms with Gasteiger partial charge in [0.25, 0.3) is 5.91 Å². The van der Waals surface area contributed by atoms with Crippen LogP contribution in [0.5, 0.6) is 0 Å². The Hall–Kier alpha value is -2.40. The molecule has 1 aromatic carbocycles. The number of nitrogens with one attached hydrogen (secondary N) is 1. The molecule has 1 unspecified atom stereocenters. The minimum absolute atomic E-state index is 0.0971. The van der Waals surface area contributed by atoms with Gasteiger partial charge in [-0.05, 0) is 53.4 Å². The van der Waals surface area contributed by atoms with Crippen LogP contribution in [0.4, 0.5) is 5.00 Å². The van der Waals surface area contributed by atoms with Crippen molar-refractivity contribution in [1.82, 2.24) is 0 Å². The van der Waals surface area contributed by atoms with Crippen molar-refractivity contribution >= 4 is 34.2 Å². The highest BCUT2D eigenvalue weighted by molar-refractivity contribution is 7.17. The molecular formula is C24H30N2O2S. The van der Waals surface area contributed by atoms with Gasteiger partial charge in [0.15, 0.2) is 0 Å². The van der Waals surface area contributed by atoms with E-state index in [4.69, 9.17) is 5.73 Å². The number of carbonyl (C=O) groups excluding carboxylic acids is 2. The molecule has 154 valence electrons. The zero-order valence-corrected chi connectivity index (χ0v) is 18.5. The van der Waals surface area contributed by atoms with E-state index >= 15 is 0 Å². The highest BCUT2D eigenvalue weighted by Crippen LogP contribution is 2.40. The third-order valence-electron chi connectivity index (χ3n) is 5.63. The number of hydrogen-bond acceptors (Lipinski definition) is 3. The highest BCUT2D eigenvalue weighted by Gasteiger charge is 2.27. The van der Waals surface area contributed by atoms with E-state index in [1.54, 1.807) is 6.08 Å². The van der Waals surface area contributed by atoms with Gasteiger partial charge >= 0.3 is 0 Å². The molecule has 0 saturated heterocycles. The van der Waals surface area contributed by atoms with Crippen molar-refractivity contribution in [3.8, 4) is 0 Å². The van der Waals surface area contributed by atoms with E-state index in [1.807, 2.05) is 12.1 Å². The zero-order valence-electron chi connectivity index (χ0n) is 17.7. The average Bonchev–Trinajstić information content (AvgIpc) is 3.02. The molecule has 4 nitrogen and oxygen atoms in total. The van der Waals surface area contributed by atoms with Crippen LogP contribution in [-0.2, 0) is 23.1 Å². The molecule has 29 heavy (non-hydrogen) atoms. The summed E-state index contributed by atoms with van der Waals surface area (Å²) in [5.41, 5.74) is 9.47. The normalized spacial score (nSPS) is 16.6. The third-order valence-corrected chi connectivity index (χ3v) is 6.80. The van der Waals surface area contributed by atoms with Gasteiger partial charge in [0.1, 0.15) is 5.00 Å². The fraction of sp³-hybridized carbons (Fsp3) is 0.417. The topological polar surface area (TPSA) is 72.2 Å². The molecule has 2 aromatic rings. The molecular weight excluding hydrogens is 380 g/mol. The van der Waals surface area contributed by atoms with E-state index in [1.165, 1.54) is 27.9 Å². The molecule has 0 spiro atoms. The largest absolute Gasteiger partial charge is 0.365 e. The van der Waals surface area contributed by atoms with Gasteiger partial charge in [-0.3, -0.25) is 9.59 Å². The standard InChI is InChI=1S/C24H30N2O2S/c1-5-15-8-12-18-19(14-15)29-23(21(18)22(25)28)26-20(27)13-9-16-6-10-17(11-7-16)24(2,3)4/h6-7,9-11,13,15H,5,8,12,14H2,1-4H3,(H2,25,28)(H,26,27). The van der Waals surface area contributed by atoms with Gasteiger partial charge in [-0.15, -0.1) is 11.3 Å². The van der Waals surface area contributed by atoms with E-state index < -0.39 is 5.91 Å². The predicted molar refractivity (Wildman–Crippen MR) is 121 cm³/mol. The Balaban J connectivity index is 1.74. The molecule has 0 fully saturated rings. The summed E-state index contributed by atoms with van der Waals surface area (Å²) in [6.45, 7) is 8.71. The first-order chi connectivity index (χ1) is 13.7. The lowest BCUT2D eigenvalue weighted by Crippen LogP contribution is -2.19. The van der Waals surface area contributed by atoms with Crippen LogP contribution in [0.3, 0.4) is 0 Å². The van der Waals surface area contributed by atoms with E-state index in [-0.39, 0.29) is 11.3 Å². The fourth-order valence-corrected chi connectivity index (χ4v) is 5.14. The van der Waals surface area contributed by atoms with Crippen molar-refractivity contribution in [2.45, 2.75) is 58.8 Å². The van der Waals surface area contributed by atoms with E-state index in [0.717, 1.165) is 36.8 Å².